The van der Waals surface area contributed by atoms with Crippen molar-refractivity contribution in [2.24, 2.45) is 18.4 Å². The predicted octanol–water partition coefficient (Wildman–Crippen LogP) is 4.13. The molecule has 1 N–H and O–H groups in total. The van der Waals surface area contributed by atoms with Crippen LogP contribution in [0.2, 0.25) is 0 Å². The van der Waals surface area contributed by atoms with Crippen molar-refractivity contribution < 1.29 is 14.7 Å². The third-order valence-corrected chi connectivity index (χ3v) is 8.17. The van der Waals surface area contributed by atoms with Crippen molar-refractivity contribution in [3.8, 4) is 0 Å². The van der Waals surface area contributed by atoms with Gasteiger partial charge in [-0.25, -0.2) is 4.68 Å². The summed E-state index contributed by atoms with van der Waals surface area (Å²) in [5.74, 6) is -0.677. The zero-order chi connectivity index (χ0) is 27.1. The molecule has 0 radical (unpaired) electrons. The molecule has 2 aromatic carbocycles. The first kappa shape index (κ1) is 26.8. The highest BCUT2D eigenvalue weighted by molar-refractivity contribution is 5.82. The molecule has 2 unspecified atom stereocenters. The van der Waals surface area contributed by atoms with Gasteiger partial charge in [-0.3, -0.25) is 14.5 Å². The van der Waals surface area contributed by atoms with Gasteiger partial charge in [0.05, 0.1) is 17.5 Å². The van der Waals surface area contributed by atoms with Gasteiger partial charge in [-0.1, -0.05) is 42.8 Å². The minimum Gasteiger partial charge on any atom is -0.481 e. The lowest BCUT2D eigenvalue weighted by atomic mass is 9.69. The van der Waals surface area contributed by atoms with Crippen LogP contribution in [0.1, 0.15) is 60.9 Å². The van der Waals surface area contributed by atoms with E-state index in [1.54, 1.807) is 18.5 Å². The first-order valence-corrected chi connectivity index (χ1v) is 13.0. The lowest BCUT2D eigenvalue weighted by Crippen LogP contribution is -2.34. The van der Waals surface area contributed by atoms with Crippen molar-refractivity contribution in [3.05, 3.63) is 58.1 Å². The average Bonchev–Trinajstić information content (AvgIpc) is 3.16. The lowest BCUT2D eigenvalue weighted by molar-refractivity contribution is -0.147. The summed E-state index contributed by atoms with van der Waals surface area (Å²) < 4.78 is 1.73. The number of rotatable bonds is 7. The van der Waals surface area contributed by atoms with Gasteiger partial charge in [-0.15, -0.1) is 5.10 Å². The quantitative estimate of drug-likeness (QED) is 0.519. The number of hydrogen-bond acceptors (Lipinski definition) is 5. The number of carboxylic acids is 1. The number of carbonyl (C=O) groups excluding carboxylic acids is 1. The van der Waals surface area contributed by atoms with Crippen LogP contribution in [0, 0.1) is 25.2 Å². The van der Waals surface area contributed by atoms with Crippen molar-refractivity contribution in [2.45, 2.75) is 53.5 Å². The monoisotopic (exact) mass is 505 g/mol. The molecular weight excluding hydrogens is 466 g/mol. The maximum Gasteiger partial charge on any atom is 0.310 e. The third-order valence-electron chi connectivity index (χ3n) is 8.17. The first-order valence-electron chi connectivity index (χ1n) is 13.0. The summed E-state index contributed by atoms with van der Waals surface area (Å²) >= 11 is 0. The van der Waals surface area contributed by atoms with Crippen LogP contribution < -0.4 is 0 Å². The molecule has 1 saturated heterocycles. The Balaban J connectivity index is 1.78. The van der Waals surface area contributed by atoms with Gasteiger partial charge in [0.1, 0.15) is 5.52 Å². The van der Waals surface area contributed by atoms with Gasteiger partial charge in [0, 0.05) is 39.6 Å². The summed E-state index contributed by atoms with van der Waals surface area (Å²) in [5, 5.41) is 18.8. The maximum absolute atomic E-state index is 12.7. The molecule has 2 atom stereocenters. The van der Waals surface area contributed by atoms with Gasteiger partial charge >= 0.3 is 5.97 Å². The zero-order valence-electron chi connectivity index (χ0n) is 23.1. The lowest BCUT2D eigenvalue weighted by Gasteiger charge is -2.33. The van der Waals surface area contributed by atoms with Crippen molar-refractivity contribution in [2.75, 3.05) is 26.7 Å². The summed E-state index contributed by atoms with van der Waals surface area (Å²) in [6.07, 6.45) is 1.02. The highest BCUT2D eigenvalue weighted by Crippen LogP contribution is 2.44. The molecule has 37 heavy (non-hydrogen) atoms. The van der Waals surface area contributed by atoms with Crippen LogP contribution in [-0.2, 0) is 23.2 Å². The second-order valence-corrected chi connectivity index (χ2v) is 11.2. The van der Waals surface area contributed by atoms with Gasteiger partial charge in [-0.05, 0) is 67.5 Å². The highest BCUT2D eigenvalue weighted by atomic mass is 16.4. The fraction of sp³-hybridized carbons (Fsp3) is 0.517. The van der Waals surface area contributed by atoms with Crippen LogP contribution in [0.4, 0.5) is 0 Å². The number of benzene rings is 2. The number of aromatic nitrogens is 3. The second kappa shape index (κ2) is 10.2. The molecule has 198 valence electrons. The van der Waals surface area contributed by atoms with E-state index in [1.165, 1.54) is 0 Å². The summed E-state index contributed by atoms with van der Waals surface area (Å²) in [7, 11) is 3.74. The Labute approximate surface area is 219 Å². The average molecular weight is 506 g/mol. The summed E-state index contributed by atoms with van der Waals surface area (Å²) in [5.41, 5.74) is 5.72. The summed E-state index contributed by atoms with van der Waals surface area (Å²) in [4.78, 5) is 29.3. The number of amides is 1. The number of nitrogens with zero attached hydrogens (tertiary/aromatic N) is 5. The van der Waals surface area contributed by atoms with E-state index in [4.69, 9.17) is 0 Å². The number of aliphatic carboxylic acids is 1. The Kier molecular flexibility index (Phi) is 7.42. The van der Waals surface area contributed by atoms with E-state index in [1.807, 2.05) is 44.1 Å². The highest BCUT2D eigenvalue weighted by Gasteiger charge is 2.40. The van der Waals surface area contributed by atoms with Gasteiger partial charge in [0.2, 0.25) is 5.91 Å². The van der Waals surface area contributed by atoms with E-state index in [0.29, 0.717) is 19.0 Å². The molecule has 0 bridgehead atoms. The molecule has 3 aromatic rings. The van der Waals surface area contributed by atoms with Gasteiger partial charge in [0.25, 0.3) is 0 Å². The van der Waals surface area contributed by atoms with E-state index >= 15 is 0 Å². The van der Waals surface area contributed by atoms with Crippen LogP contribution in [-0.4, -0.2) is 68.5 Å². The number of hydrogen-bond donors (Lipinski definition) is 1. The van der Waals surface area contributed by atoms with Gasteiger partial charge in [-0.2, -0.15) is 0 Å². The Hall–Kier alpha value is -3.26. The second-order valence-electron chi connectivity index (χ2n) is 11.2. The van der Waals surface area contributed by atoms with Crippen LogP contribution >= 0.6 is 0 Å². The Morgan fingerprint density at radius 1 is 1.16 bits per heavy atom. The topological polar surface area (TPSA) is 91.6 Å². The molecule has 0 saturated carbocycles. The molecule has 8 heteroatoms. The molecule has 8 nitrogen and oxygen atoms in total. The van der Waals surface area contributed by atoms with Crippen LogP contribution in [0.25, 0.3) is 11.0 Å². The Morgan fingerprint density at radius 3 is 2.57 bits per heavy atom. The molecule has 0 aliphatic carbocycles. The van der Waals surface area contributed by atoms with Crippen molar-refractivity contribution >= 4 is 22.9 Å². The number of aryl methyl sites for hydroxylation is 3. The van der Waals surface area contributed by atoms with E-state index in [0.717, 1.165) is 58.4 Å². The molecule has 2 heterocycles. The van der Waals surface area contributed by atoms with Crippen molar-refractivity contribution in [1.29, 1.82) is 0 Å². The summed E-state index contributed by atoms with van der Waals surface area (Å²) in [6.45, 7) is 12.5. The molecule has 1 aliphatic rings. The van der Waals surface area contributed by atoms with E-state index in [2.05, 4.69) is 41.2 Å². The van der Waals surface area contributed by atoms with E-state index in [-0.39, 0.29) is 5.91 Å². The van der Waals surface area contributed by atoms with Gasteiger partial charge in [0.15, 0.2) is 0 Å². The smallest absolute Gasteiger partial charge is 0.310 e. The van der Waals surface area contributed by atoms with Crippen LogP contribution in [0.15, 0.2) is 30.3 Å². The van der Waals surface area contributed by atoms with Crippen molar-refractivity contribution in [1.82, 2.24) is 24.8 Å². The Bertz CT molecular complexity index is 1330. The molecule has 1 aromatic heterocycles. The fourth-order valence-corrected chi connectivity index (χ4v) is 5.62. The molecule has 1 aliphatic heterocycles. The molecular formula is C29H39N5O3. The van der Waals surface area contributed by atoms with Gasteiger partial charge < -0.3 is 10.0 Å². The molecule has 1 fully saturated rings. The third kappa shape index (κ3) is 5.12. The fourth-order valence-electron chi connectivity index (χ4n) is 5.62. The molecule has 4 rings (SSSR count). The number of carbonyl (C=O) groups is 2. The first-order chi connectivity index (χ1) is 17.4. The van der Waals surface area contributed by atoms with Crippen LogP contribution in [0.3, 0.4) is 0 Å². The van der Waals surface area contributed by atoms with Crippen LogP contribution in [0.5, 0.6) is 0 Å². The minimum atomic E-state index is -1.07. The molecule has 0 spiro atoms. The zero-order valence-corrected chi connectivity index (χ0v) is 23.1. The number of likely N-dealkylation sites (N-methyl/N-ethyl adjacent to an activating group) is 1. The number of fused-ring (bicyclic) bond motifs is 1. The summed E-state index contributed by atoms with van der Waals surface area (Å²) in [6, 6.07) is 10.3. The van der Waals surface area contributed by atoms with Crippen molar-refractivity contribution in [3.63, 3.8) is 0 Å². The number of carboxylic acid groups (broad SMARTS) is 1. The standard InChI is InChI=1S/C29H39N5O3/c1-8-20-14-32(6)25(35)17-34(15-20)16-22-13-21(10-9-18(22)2)26(29(4,5)28(36)37)23-11-12-24-27(19(23)3)30-31-33(24)7/h9-13,20,26H,8,14-17H2,1-7H3,(H,36,37). The SMILES string of the molecule is CCC1CN(Cc2cc(C(c3ccc4c(nnn4C)c3C)C(C)(C)C(=O)O)ccc2C)CC(=O)N(C)C1. The molecule has 1 amide bonds. The van der Waals surface area contributed by atoms with E-state index in [9.17, 15) is 14.7 Å². The Morgan fingerprint density at radius 2 is 1.89 bits per heavy atom. The predicted molar refractivity (Wildman–Crippen MR) is 144 cm³/mol. The maximum atomic E-state index is 12.7. The minimum absolute atomic E-state index is 0.141. The largest absolute Gasteiger partial charge is 0.481 e. The van der Waals surface area contributed by atoms with E-state index < -0.39 is 17.3 Å². The normalized spacial score (nSPS) is 18.3.